The van der Waals surface area contributed by atoms with E-state index in [1.54, 1.807) is 24.3 Å². The molecule has 2 rings (SSSR count). The predicted molar refractivity (Wildman–Crippen MR) is 81.7 cm³/mol. The van der Waals surface area contributed by atoms with Crippen molar-refractivity contribution in [3.8, 4) is 0 Å². The van der Waals surface area contributed by atoms with Crippen molar-refractivity contribution in [1.29, 1.82) is 0 Å². The number of carbonyl (C=O) groups is 1. The van der Waals surface area contributed by atoms with E-state index in [0.717, 1.165) is 10.7 Å². The van der Waals surface area contributed by atoms with Gasteiger partial charge < -0.3 is 16.3 Å². The molecule has 0 aliphatic rings. The number of aromatic nitrogens is 1. The van der Waals surface area contributed by atoms with Crippen molar-refractivity contribution in [2.24, 2.45) is 10.9 Å². The van der Waals surface area contributed by atoms with Gasteiger partial charge in [-0.05, 0) is 26.0 Å². The highest BCUT2D eigenvalue weighted by Gasteiger charge is 2.14. The number of hydrogen-bond acceptors (Lipinski definition) is 5. The van der Waals surface area contributed by atoms with Crippen molar-refractivity contribution >= 4 is 23.1 Å². The molecule has 0 aliphatic heterocycles. The Kier molecular flexibility index (Phi) is 4.54. The van der Waals surface area contributed by atoms with Crippen LogP contribution in [0.3, 0.4) is 0 Å². The predicted octanol–water partition coefficient (Wildman–Crippen LogP) is 2.04. The van der Waals surface area contributed by atoms with Crippen molar-refractivity contribution in [3.63, 3.8) is 0 Å². The number of aryl methyl sites for hydroxylation is 1. The molecule has 2 aromatic rings. The average molecular weight is 304 g/mol. The van der Waals surface area contributed by atoms with E-state index in [2.05, 4.69) is 15.5 Å². The average Bonchev–Trinajstić information content (AvgIpc) is 2.93. The van der Waals surface area contributed by atoms with Gasteiger partial charge in [-0.1, -0.05) is 17.3 Å². The summed E-state index contributed by atoms with van der Waals surface area (Å²) in [6.07, 6.45) is 0. The number of nitrogens with zero attached hydrogens (tertiary/aromatic N) is 2. The Morgan fingerprint density at radius 1 is 1.38 bits per heavy atom. The van der Waals surface area contributed by atoms with E-state index in [0.29, 0.717) is 11.1 Å². The van der Waals surface area contributed by atoms with Crippen molar-refractivity contribution in [1.82, 2.24) is 10.3 Å². The van der Waals surface area contributed by atoms with Gasteiger partial charge in [0.05, 0.1) is 6.04 Å². The number of carbonyl (C=O) groups excluding carboxylic acids is 1. The third-order valence-electron chi connectivity index (χ3n) is 2.91. The molecule has 1 amide bonds. The van der Waals surface area contributed by atoms with Crippen LogP contribution in [0.1, 0.15) is 39.6 Å². The summed E-state index contributed by atoms with van der Waals surface area (Å²) in [5.74, 6) is -0.185. The molecule has 110 valence electrons. The Morgan fingerprint density at radius 2 is 2.00 bits per heavy atom. The molecule has 0 radical (unpaired) electrons. The highest BCUT2D eigenvalue weighted by atomic mass is 32.1. The Bertz CT molecular complexity index is 664. The smallest absolute Gasteiger partial charge is 0.251 e. The molecular formula is C14H16N4O2S. The number of amides is 1. The Morgan fingerprint density at radius 3 is 2.52 bits per heavy atom. The lowest BCUT2D eigenvalue weighted by Gasteiger charge is -2.11. The summed E-state index contributed by atoms with van der Waals surface area (Å²) in [5, 5.41) is 17.2. The lowest BCUT2D eigenvalue weighted by molar-refractivity contribution is 0.0940. The summed E-state index contributed by atoms with van der Waals surface area (Å²) >= 11 is 1.52. The van der Waals surface area contributed by atoms with Crippen molar-refractivity contribution in [2.75, 3.05) is 0 Å². The van der Waals surface area contributed by atoms with Gasteiger partial charge in [0.25, 0.3) is 5.91 Å². The first-order valence-corrected chi connectivity index (χ1v) is 7.20. The van der Waals surface area contributed by atoms with Gasteiger partial charge in [0, 0.05) is 22.2 Å². The molecule has 1 heterocycles. The van der Waals surface area contributed by atoms with Crippen LogP contribution < -0.4 is 11.1 Å². The largest absolute Gasteiger partial charge is 0.409 e. The highest BCUT2D eigenvalue weighted by molar-refractivity contribution is 7.09. The topological polar surface area (TPSA) is 101 Å². The van der Waals surface area contributed by atoms with Crippen LogP contribution in [-0.4, -0.2) is 21.9 Å². The molecule has 21 heavy (non-hydrogen) atoms. The SMILES string of the molecule is Cc1csc(C(C)NC(=O)c2ccc(C(N)=NO)cc2)n1. The maximum absolute atomic E-state index is 12.1. The molecular weight excluding hydrogens is 288 g/mol. The normalized spacial score (nSPS) is 13.0. The van der Waals surface area contributed by atoms with Crippen LogP contribution in [0.5, 0.6) is 0 Å². The minimum atomic E-state index is -0.193. The van der Waals surface area contributed by atoms with Gasteiger partial charge in [-0.25, -0.2) is 4.98 Å². The van der Waals surface area contributed by atoms with Crippen molar-refractivity contribution in [3.05, 3.63) is 51.5 Å². The van der Waals surface area contributed by atoms with E-state index in [9.17, 15) is 4.79 Å². The lowest BCUT2D eigenvalue weighted by atomic mass is 10.1. The monoisotopic (exact) mass is 304 g/mol. The maximum Gasteiger partial charge on any atom is 0.251 e. The zero-order chi connectivity index (χ0) is 15.4. The van der Waals surface area contributed by atoms with E-state index in [4.69, 9.17) is 10.9 Å². The second kappa shape index (κ2) is 6.36. The summed E-state index contributed by atoms with van der Waals surface area (Å²) < 4.78 is 0. The van der Waals surface area contributed by atoms with Crippen molar-refractivity contribution < 1.29 is 10.0 Å². The van der Waals surface area contributed by atoms with Gasteiger partial charge in [-0.2, -0.15) is 0 Å². The number of rotatable bonds is 4. The number of hydrogen-bond donors (Lipinski definition) is 3. The standard InChI is InChI=1S/C14H16N4O2S/c1-8-7-21-14(16-8)9(2)17-13(19)11-5-3-10(4-6-11)12(15)18-20/h3-7,9,20H,1-2H3,(H2,15,18)(H,17,19). The van der Waals surface area contributed by atoms with E-state index < -0.39 is 0 Å². The minimum absolute atomic E-state index is 0.00795. The first-order valence-electron chi connectivity index (χ1n) is 6.32. The van der Waals surface area contributed by atoms with E-state index in [-0.39, 0.29) is 17.8 Å². The molecule has 0 spiro atoms. The summed E-state index contributed by atoms with van der Waals surface area (Å²) in [4.78, 5) is 16.5. The molecule has 0 aliphatic carbocycles. The quantitative estimate of drug-likeness (QED) is 0.348. The highest BCUT2D eigenvalue weighted by Crippen LogP contribution is 2.18. The number of amidine groups is 1. The Balaban J connectivity index is 2.06. The molecule has 0 bridgehead atoms. The van der Waals surface area contributed by atoms with Gasteiger partial charge in [-0.3, -0.25) is 4.79 Å². The van der Waals surface area contributed by atoms with Crippen LogP contribution in [0.25, 0.3) is 0 Å². The molecule has 0 saturated heterocycles. The fourth-order valence-electron chi connectivity index (χ4n) is 1.76. The molecule has 6 nitrogen and oxygen atoms in total. The van der Waals surface area contributed by atoms with Gasteiger partial charge in [0.2, 0.25) is 0 Å². The third kappa shape index (κ3) is 3.57. The summed E-state index contributed by atoms with van der Waals surface area (Å²) in [6.45, 7) is 3.81. The van der Waals surface area contributed by atoms with Gasteiger partial charge in [0.1, 0.15) is 5.01 Å². The number of oxime groups is 1. The molecule has 1 atom stereocenters. The second-order valence-corrected chi connectivity index (χ2v) is 5.47. The lowest BCUT2D eigenvalue weighted by Crippen LogP contribution is -2.26. The fraction of sp³-hybridized carbons (Fsp3) is 0.214. The molecule has 1 aromatic heterocycles. The summed E-state index contributed by atoms with van der Waals surface area (Å²) in [6, 6.07) is 6.36. The minimum Gasteiger partial charge on any atom is -0.409 e. The number of thiazole rings is 1. The zero-order valence-corrected chi connectivity index (χ0v) is 12.5. The van der Waals surface area contributed by atoms with Crippen LogP contribution in [0.2, 0.25) is 0 Å². The molecule has 1 unspecified atom stereocenters. The maximum atomic E-state index is 12.1. The molecule has 0 fully saturated rings. The first kappa shape index (κ1) is 15.0. The van der Waals surface area contributed by atoms with Crippen LogP contribution >= 0.6 is 11.3 Å². The molecule has 0 saturated carbocycles. The van der Waals surface area contributed by atoms with Crippen LogP contribution in [0, 0.1) is 6.92 Å². The van der Waals surface area contributed by atoms with E-state index in [1.165, 1.54) is 11.3 Å². The van der Waals surface area contributed by atoms with Crippen molar-refractivity contribution in [2.45, 2.75) is 19.9 Å². The molecule has 1 aromatic carbocycles. The number of nitrogens with two attached hydrogens (primary N) is 1. The first-order chi connectivity index (χ1) is 10.0. The second-order valence-electron chi connectivity index (χ2n) is 4.58. The van der Waals surface area contributed by atoms with Crippen LogP contribution in [-0.2, 0) is 0 Å². The zero-order valence-electron chi connectivity index (χ0n) is 11.7. The Labute approximate surface area is 126 Å². The van der Waals surface area contributed by atoms with E-state index in [1.807, 2.05) is 19.2 Å². The number of benzene rings is 1. The number of nitrogens with one attached hydrogen (secondary N) is 1. The van der Waals surface area contributed by atoms with Gasteiger partial charge in [-0.15, -0.1) is 11.3 Å². The summed E-state index contributed by atoms with van der Waals surface area (Å²) in [7, 11) is 0. The van der Waals surface area contributed by atoms with E-state index >= 15 is 0 Å². The van der Waals surface area contributed by atoms with Gasteiger partial charge >= 0.3 is 0 Å². The molecule has 4 N–H and O–H groups in total. The van der Waals surface area contributed by atoms with Gasteiger partial charge in [0.15, 0.2) is 5.84 Å². The molecule has 7 heteroatoms. The summed E-state index contributed by atoms with van der Waals surface area (Å²) in [5.41, 5.74) is 7.47. The third-order valence-corrected chi connectivity index (χ3v) is 4.05. The van der Waals surface area contributed by atoms with Crippen LogP contribution in [0.15, 0.2) is 34.8 Å². The fourth-order valence-corrected chi connectivity index (χ4v) is 2.57. The van der Waals surface area contributed by atoms with Crippen LogP contribution in [0.4, 0.5) is 0 Å². The Hall–Kier alpha value is -2.41.